The van der Waals surface area contributed by atoms with E-state index in [1.807, 2.05) is 0 Å². The topological polar surface area (TPSA) is 44.8 Å². The summed E-state index contributed by atoms with van der Waals surface area (Å²) >= 11 is 12.1. The van der Waals surface area contributed by atoms with Crippen molar-refractivity contribution in [1.82, 2.24) is 0 Å². The van der Waals surface area contributed by atoms with Crippen LogP contribution in [0.5, 0.6) is 11.5 Å². The first-order chi connectivity index (χ1) is 12.0. The zero-order valence-electron chi connectivity index (χ0n) is 13.5. The lowest BCUT2D eigenvalue weighted by Gasteiger charge is -2.10. The molecular weight excluding hydrogens is 363 g/mol. The van der Waals surface area contributed by atoms with E-state index in [4.69, 9.17) is 37.4 Å². The maximum absolute atomic E-state index is 12.2. The van der Waals surface area contributed by atoms with Gasteiger partial charge in [-0.05, 0) is 48.0 Å². The average molecular weight is 377 g/mol. The fourth-order valence-electron chi connectivity index (χ4n) is 2.41. The van der Waals surface area contributed by atoms with E-state index in [-0.39, 0.29) is 0 Å². The Hall–Kier alpha value is -2.43. The van der Waals surface area contributed by atoms with Crippen molar-refractivity contribution in [3.05, 3.63) is 69.2 Å². The van der Waals surface area contributed by atoms with Crippen LogP contribution < -0.4 is 9.47 Å². The standard InChI is InChI=1S/C19H14Cl2O4/c1-23-14-5-6-17(24-2)15(10-14)18-8-12(19(22)25-18)7-11-3-4-13(20)9-16(11)21/h3-10H,1-2H3/b12-7-. The number of hydrogen-bond donors (Lipinski definition) is 0. The van der Waals surface area contributed by atoms with Crippen LogP contribution in [-0.4, -0.2) is 20.2 Å². The van der Waals surface area contributed by atoms with Crippen LogP contribution in [-0.2, 0) is 9.53 Å². The Morgan fingerprint density at radius 2 is 1.84 bits per heavy atom. The van der Waals surface area contributed by atoms with E-state index in [0.717, 1.165) is 0 Å². The first kappa shape index (κ1) is 17.4. The van der Waals surface area contributed by atoms with Crippen molar-refractivity contribution in [3.8, 4) is 11.5 Å². The molecule has 0 saturated carbocycles. The van der Waals surface area contributed by atoms with Gasteiger partial charge in [0.2, 0.25) is 0 Å². The first-order valence-electron chi connectivity index (χ1n) is 7.35. The van der Waals surface area contributed by atoms with E-state index in [0.29, 0.717) is 44.0 Å². The molecule has 0 bridgehead atoms. The smallest absolute Gasteiger partial charge is 0.343 e. The van der Waals surface area contributed by atoms with Crippen LogP contribution in [0.15, 0.2) is 48.0 Å². The van der Waals surface area contributed by atoms with Crippen LogP contribution in [0.3, 0.4) is 0 Å². The Bertz CT molecular complexity index is 900. The molecule has 25 heavy (non-hydrogen) atoms. The van der Waals surface area contributed by atoms with Crippen molar-refractivity contribution < 1.29 is 19.0 Å². The number of ether oxygens (including phenoxy) is 3. The summed E-state index contributed by atoms with van der Waals surface area (Å²) in [5.74, 6) is 1.12. The number of cyclic esters (lactones) is 1. The maximum atomic E-state index is 12.2. The number of carbonyl (C=O) groups excluding carboxylic acids is 1. The van der Waals surface area contributed by atoms with Crippen molar-refractivity contribution >= 4 is 41.0 Å². The van der Waals surface area contributed by atoms with E-state index in [9.17, 15) is 4.79 Å². The van der Waals surface area contributed by atoms with Crippen LogP contribution in [0.2, 0.25) is 10.0 Å². The predicted molar refractivity (Wildman–Crippen MR) is 98.1 cm³/mol. The van der Waals surface area contributed by atoms with Gasteiger partial charge in [0.1, 0.15) is 17.3 Å². The highest BCUT2D eigenvalue weighted by atomic mass is 35.5. The molecule has 0 aromatic heterocycles. The highest BCUT2D eigenvalue weighted by Crippen LogP contribution is 2.36. The molecule has 3 rings (SSSR count). The number of benzene rings is 2. The second kappa shape index (κ2) is 7.21. The van der Waals surface area contributed by atoms with E-state index in [1.54, 1.807) is 62.8 Å². The molecule has 0 fully saturated rings. The zero-order valence-corrected chi connectivity index (χ0v) is 15.0. The van der Waals surface area contributed by atoms with Crippen LogP contribution in [0, 0.1) is 0 Å². The fraction of sp³-hybridized carbons (Fsp3) is 0.105. The summed E-state index contributed by atoms with van der Waals surface area (Å²) in [6.45, 7) is 0. The molecular formula is C19H14Cl2O4. The second-order valence-corrected chi connectivity index (χ2v) is 6.07. The maximum Gasteiger partial charge on any atom is 0.343 e. The predicted octanol–water partition coefficient (Wildman–Crippen LogP) is 4.99. The molecule has 0 amide bonds. The Labute approximate surface area is 155 Å². The van der Waals surface area contributed by atoms with Gasteiger partial charge in [-0.15, -0.1) is 0 Å². The average Bonchev–Trinajstić information content (AvgIpc) is 2.97. The van der Waals surface area contributed by atoms with Crippen molar-refractivity contribution in [2.24, 2.45) is 0 Å². The van der Waals surface area contributed by atoms with Gasteiger partial charge in [-0.3, -0.25) is 0 Å². The molecule has 0 spiro atoms. The number of halogens is 2. The highest BCUT2D eigenvalue weighted by molar-refractivity contribution is 6.35. The first-order valence-corrected chi connectivity index (χ1v) is 8.10. The Kier molecular flexibility index (Phi) is 5.02. The van der Waals surface area contributed by atoms with Gasteiger partial charge in [0.15, 0.2) is 0 Å². The van der Waals surface area contributed by atoms with Crippen LogP contribution >= 0.6 is 23.2 Å². The molecule has 4 nitrogen and oxygen atoms in total. The Morgan fingerprint density at radius 3 is 2.52 bits per heavy atom. The Balaban J connectivity index is 2.02. The largest absolute Gasteiger partial charge is 0.497 e. The third-order valence-corrected chi connectivity index (χ3v) is 4.23. The van der Waals surface area contributed by atoms with Crippen molar-refractivity contribution in [2.75, 3.05) is 14.2 Å². The molecule has 128 valence electrons. The number of rotatable bonds is 4. The molecule has 2 aromatic rings. The van der Waals surface area contributed by atoms with Crippen molar-refractivity contribution in [1.29, 1.82) is 0 Å². The number of carbonyl (C=O) groups is 1. The normalized spacial score (nSPS) is 15.1. The fourth-order valence-corrected chi connectivity index (χ4v) is 2.88. The minimum Gasteiger partial charge on any atom is -0.497 e. The third kappa shape index (κ3) is 3.65. The lowest BCUT2D eigenvalue weighted by atomic mass is 10.1. The van der Waals surface area contributed by atoms with Crippen LogP contribution in [0.1, 0.15) is 11.1 Å². The summed E-state index contributed by atoms with van der Waals surface area (Å²) < 4.78 is 15.9. The van der Waals surface area contributed by atoms with Crippen molar-refractivity contribution in [2.45, 2.75) is 0 Å². The molecule has 0 atom stereocenters. The quantitative estimate of drug-likeness (QED) is 0.556. The SMILES string of the molecule is COc1ccc(OC)c(C2=C/C(=C/c3ccc(Cl)cc3Cl)C(=O)O2)c1. The van der Waals surface area contributed by atoms with Crippen LogP contribution in [0.4, 0.5) is 0 Å². The van der Waals surface area contributed by atoms with Gasteiger partial charge in [0.05, 0.1) is 25.4 Å². The molecule has 1 aliphatic rings. The molecule has 6 heteroatoms. The van der Waals surface area contributed by atoms with E-state index < -0.39 is 5.97 Å². The van der Waals surface area contributed by atoms with Gasteiger partial charge in [0, 0.05) is 10.0 Å². The molecule has 0 saturated heterocycles. The molecule has 0 radical (unpaired) electrons. The minimum atomic E-state index is -0.467. The minimum absolute atomic E-state index is 0.379. The highest BCUT2D eigenvalue weighted by Gasteiger charge is 2.25. The van der Waals surface area contributed by atoms with Gasteiger partial charge in [-0.2, -0.15) is 0 Å². The van der Waals surface area contributed by atoms with E-state index >= 15 is 0 Å². The van der Waals surface area contributed by atoms with E-state index in [1.165, 1.54) is 0 Å². The van der Waals surface area contributed by atoms with Crippen LogP contribution in [0.25, 0.3) is 11.8 Å². The summed E-state index contributed by atoms with van der Waals surface area (Å²) in [7, 11) is 3.11. The molecule has 1 aliphatic heterocycles. The summed E-state index contributed by atoms with van der Waals surface area (Å²) in [6, 6.07) is 10.3. The molecule has 0 N–H and O–H groups in total. The summed E-state index contributed by atoms with van der Waals surface area (Å²) in [5.41, 5.74) is 1.68. The molecule has 2 aromatic carbocycles. The molecule has 0 unspecified atom stereocenters. The van der Waals surface area contributed by atoms with Crippen molar-refractivity contribution in [3.63, 3.8) is 0 Å². The third-order valence-electron chi connectivity index (χ3n) is 3.67. The summed E-state index contributed by atoms with van der Waals surface area (Å²) in [5, 5.41) is 0.979. The summed E-state index contributed by atoms with van der Waals surface area (Å²) in [6.07, 6.45) is 3.30. The molecule has 1 heterocycles. The molecule has 0 aliphatic carbocycles. The number of esters is 1. The van der Waals surface area contributed by atoms with Gasteiger partial charge in [-0.1, -0.05) is 29.3 Å². The van der Waals surface area contributed by atoms with Gasteiger partial charge >= 0.3 is 5.97 Å². The van der Waals surface area contributed by atoms with E-state index in [2.05, 4.69) is 0 Å². The lowest BCUT2D eigenvalue weighted by molar-refractivity contribution is -0.130. The number of hydrogen-bond acceptors (Lipinski definition) is 4. The number of methoxy groups -OCH3 is 2. The lowest BCUT2D eigenvalue weighted by Crippen LogP contribution is -1.99. The van der Waals surface area contributed by atoms with Gasteiger partial charge in [0.25, 0.3) is 0 Å². The zero-order chi connectivity index (χ0) is 18.0. The second-order valence-electron chi connectivity index (χ2n) is 5.23. The van der Waals surface area contributed by atoms with Gasteiger partial charge < -0.3 is 14.2 Å². The van der Waals surface area contributed by atoms with Gasteiger partial charge in [-0.25, -0.2) is 4.79 Å². The Morgan fingerprint density at radius 1 is 1.04 bits per heavy atom. The monoisotopic (exact) mass is 376 g/mol. The summed E-state index contributed by atoms with van der Waals surface area (Å²) in [4.78, 5) is 12.2.